The SMILES string of the molecule is CCn1cc(CC(CN)c2ccc(OC)c(OC)c2)c2ccccc21. The predicted molar refractivity (Wildman–Crippen MR) is 103 cm³/mol. The first-order chi connectivity index (χ1) is 12.2. The van der Waals surface area contributed by atoms with Gasteiger partial charge in [0, 0.05) is 29.6 Å². The number of nitrogens with zero attached hydrogens (tertiary/aromatic N) is 1. The van der Waals surface area contributed by atoms with E-state index in [1.807, 2.05) is 12.1 Å². The van der Waals surface area contributed by atoms with Gasteiger partial charge in [0.05, 0.1) is 14.2 Å². The normalized spacial score (nSPS) is 12.3. The third-order valence-corrected chi connectivity index (χ3v) is 4.84. The number of aromatic nitrogens is 1. The first kappa shape index (κ1) is 17.4. The number of rotatable bonds is 7. The Balaban J connectivity index is 1.95. The molecule has 0 bridgehead atoms. The van der Waals surface area contributed by atoms with E-state index < -0.39 is 0 Å². The third-order valence-electron chi connectivity index (χ3n) is 4.84. The molecule has 0 saturated heterocycles. The molecule has 2 N–H and O–H groups in total. The molecule has 0 aliphatic heterocycles. The highest BCUT2D eigenvalue weighted by Gasteiger charge is 2.17. The fourth-order valence-corrected chi connectivity index (χ4v) is 3.46. The number of methoxy groups -OCH3 is 2. The highest BCUT2D eigenvalue weighted by atomic mass is 16.5. The molecule has 3 rings (SSSR count). The zero-order valence-corrected chi connectivity index (χ0v) is 15.2. The highest BCUT2D eigenvalue weighted by molar-refractivity contribution is 5.84. The van der Waals surface area contributed by atoms with Crippen molar-refractivity contribution in [1.82, 2.24) is 4.57 Å². The van der Waals surface area contributed by atoms with E-state index >= 15 is 0 Å². The van der Waals surface area contributed by atoms with E-state index in [1.165, 1.54) is 22.0 Å². The molecule has 1 heterocycles. The summed E-state index contributed by atoms with van der Waals surface area (Å²) in [6.45, 7) is 3.72. The van der Waals surface area contributed by atoms with E-state index in [2.05, 4.69) is 48.0 Å². The van der Waals surface area contributed by atoms with Crippen molar-refractivity contribution in [3.63, 3.8) is 0 Å². The van der Waals surface area contributed by atoms with Crippen LogP contribution in [0.2, 0.25) is 0 Å². The maximum atomic E-state index is 6.12. The molecule has 132 valence electrons. The van der Waals surface area contributed by atoms with Gasteiger partial charge < -0.3 is 19.8 Å². The number of para-hydroxylation sites is 1. The molecule has 4 heteroatoms. The van der Waals surface area contributed by atoms with Gasteiger partial charge in [-0.1, -0.05) is 24.3 Å². The topological polar surface area (TPSA) is 49.4 Å². The van der Waals surface area contributed by atoms with Crippen LogP contribution < -0.4 is 15.2 Å². The molecule has 0 saturated carbocycles. The first-order valence-corrected chi connectivity index (χ1v) is 8.70. The van der Waals surface area contributed by atoms with Crippen LogP contribution in [0.5, 0.6) is 11.5 Å². The minimum atomic E-state index is 0.232. The molecular formula is C21H26N2O2. The molecule has 0 fully saturated rings. The Morgan fingerprint density at radius 1 is 1.04 bits per heavy atom. The zero-order chi connectivity index (χ0) is 17.8. The molecule has 0 aliphatic rings. The monoisotopic (exact) mass is 338 g/mol. The number of aryl methyl sites for hydroxylation is 1. The van der Waals surface area contributed by atoms with E-state index in [0.29, 0.717) is 6.54 Å². The van der Waals surface area contributed by atoms with Crippen LogP contribution >= 0.6 is 0 Å². The minimum absolute atomic E-state index is 0.232. The highest BCUT2D eigenvalue weighted by Crippen LogP contribution is 2.33. The minimum Gasteiger partial charge on any atom is -0.493 e. The van der Waals surface area contributed by atoms with Crippen LogP contribution in [0.3, 0.4) is 0 Å². The number of hydrogen-bond acceptors (Lipinski definition) is 3. The molecule has 0 radical (unpaired) electrons. The van der Waals surface area contributed by atoms with E-state index in [0.717, 1.165) is 24.5 Å². The fraction of sp³-hybridized carbons (Fsp3) is 0.333. The van der Waals surface area contributed by atoms with Gasteiger partial charge in [0.15, 0.2) is 11.5 Å². The smallest absolute Gasteiger partial charge is 0.160 e. The molecule has 3 aromatic rings. The van der Waals surface area contributed by atoms with Crippen LogP contribution in [-0.4, -0.2) is 25.3 Å². The molecule has 1 unspecified atom stereocenters. The number of nitrogens with two attached hydrogens (primary N) is 1. The molecule has 0 amide bonds. The lowest BCUT2D eigenvalue weighted by Gasteiger charge is -2.17. The van der Waals surface area contributed by atoms with Crippen molar-refractivity contribution < 1.29 is 9.47 Å². The number of hydrogen-bond donors (Lipinski definition) is 1. The van der Waals surface area contributed by atoms with Gasteiger partial charge >= 0.3 is 0 Å². The molecule has 2 aromatic carbocycles. The van der Waals surface area contributed by atoms with Crippen molar-refractivity contribution in [2.45, 2.75) is 25.8 Å². The van der Waals surface area contributed by atoms with Crippen molar-refractivity contribution in [3.05, 3.63) is 59.8 Å². The lowest BCUT2D eigenvalue weighted by Crippen LogP contribution is -2.15. The van der Waals surface area contributed by atoms with Gasteiger partial charge in [0.25, 0.3) is 0 Å². The van der Waals surface area contributed by atoms with Crippen molar-refractivity contribution in [2.24, 2.45) is 5.73 Å². The standard InChI is InChI=1S/C21H26N2O2/c1-4-23-14-17(18-7-5-6-8-19(18)23)11-16(13-22)15-9-10-20(24-2)21(12-15)25-3/h5-10,12,14,16H,4,11,13,22H2,1-3H3. The Kier molecular flexibility index (Phi) is 5.29. The average Bonchev–Trinajstić information content (AvgIpc) is 3.03. The number of benzene rings is 2. The van der Waals surface area contributed by atoms with Crippen LogP contribution in [0.15, 0.2) is 48.7 Å². The van der Waals surface area contributed by atoms with Gasteiger partial charge in [-0.25, -0.2) is 0 Å². The van der Waals surface area contributed by atoms with Crippen molar-refractivity contribution in [3.8, 4) is 11.5 Å². The van der Waals surface area contributed by atoms with E-state index in [1.54, 1.807) is 14.2 Å². The number of ether oxygens (including phenoxy) is 2. The maximum Gasteiger partial charge on any atom is 0.160 e. The lowest BCUT2D eigenvalue weighted by molar-refractivity contribution is 0.354. The Labute approximate surface area is 149 Å². The van der Waals surface area contributed by atoms with E-state index in [4.69, 9.17) is 15.2 Å². The van der Waals surface area contributed by atoms with Crippen LogP contribution in [0.25, 0.3) is 10.9 Å². The Morgan fingerprint density at radius 3 is 2.48 bits per heavy atom. The van der Waals surface area contributed by atoms with E-state index in [-0.39, 0.29) is 5.92 Å². The van der Waals surface area contributed by atoms with Crippen LogP contribution in [0, 0.1) is 0 Å². The summed E-state index contributed by atoms with van der Waals surface area (Å²) in [5, 5.41) is 1.31. The zero-order valence-electron chi connectivity index (χ0n) is 15.2. The van der Waals surface area contributed by atoms with Gasteiger partial charge in [-0.3, -0.25) is 0 Å². The Bertz CT molecular complexity index is 854. The molecule has 25 heavy (non-hydrogen) atoms. The predicted octanol–water partition coefficient (Wildman–Crippen LogP) is 3.96. The maximum absolute atomic E-state index is 6.12. The van der Waals surface area contributed by atoms with Gasteiger partial charge in [0.2, 0.25) is 0 Å². The van der Waals surface area contributed by atoms with Crippen LogP contribution in [0.1, 0.15) is 24.0 Å². The summed E-state index contributed by atoms with van der Waals surface area (Å²) in [6.07, 6.45) is 3.16. The summed E-state index contributed by atoms with van der Waals surface area (Å²) in [5.41, 5.74) is 9.91. The summed E-state index contributed by atoms with van der Waals surface area (Å²) in [6, 6.07) is 14.6. The summed E-state index contributed by atoms with van der Waals surface area (Å²) in [5.74, 6) is 1.72. The molecule has 0 aliphatic carbocycles. The molecule has 0 spiro atoms. The second-order valence-corrected chi connectivity index (χ2v) is 6.21. The largest absolute Gasteiger partial charge is 0.493 e. The average molecular weight is 338 g/mol. The quantitative estimate of drug-likeness (QED) is 0.709. The lowest BCUT2D eigenvalue weighted by atomic mass is 9.91. The van der Waals surface area contributed by atoms with Crippen LogP contribution in [0.4, 0.5) is 0 Å². The Hall–Kier alpha value is -2.46. The third kappa shape index (κ3) is 3.35. The van der Waals surface area contributed by atoms with Crippen molar-refractivity contribution in [1.29, 1.82) is 0 Å². The second kappa shape index (κ2) is 7.62. The van der Waals surface area contributed by atoms with Crippen LogP contribution in [-0.2, 0) is 13.0 Å². The van der Waals surface area contributed by atoms with Gasteiger partial charge in [0.1, 0.15) is 0 Å². The van der Waals surface area contributed by atoms with Gasteiger partial charge in [-0.15, -0.1) is 0 Å². The first-order valence-electron chi connectivity index (χ1n) is 8.70. The van der Waals surface area contributed by atoms with Gasteiger partial charge in [-0.05, 0) is 49.2 Å². The fourth-order valence-electron chi connectivity index (χ4n) is 3.46. The molecule has 1 atom stereocenters. The van der Waals surface area contributed by atoms with Crippen molar-refractivity contribution in [2.75, 3.05) is 20.8 Å². The second-order valence-electron chi connectivity index (χ2n) is 6.21. The molecule has 4 nitrogen and oxygen atoms in total. The van der Waals surface area contributed by atoms with E-state index in [9.17, 15) is 0 Å². The molecular weight excluding hydrogens is 312 g/mol. The summed E-state index contributed by atoms with van der Waals surface area (Å²) in [7, 11) is 3.31. The number of fused-ring (bicyclic) bond motifs is 1. The summed E-state index contributed by atoms with van der Waals surface area (Å²) < 4.78 is 13.1. The summed E-state index contributed by atoms with van der Waals surface area (Å²) in [4.78, 5) is 0. The Morgan fingerprint density at radius 2 is 1.80 bits per heavy atom. The molecule has 1 aromatic heterocycles. The van der Waals surface area contributed by atoms with Gasteiger partial charge in [-0.2, -0.15) is 0 Å². The summed E-state index contributed by atoms with van der Waals surface area (Å²) >= 11 is 0. The van der Waals surface area contributed by atoms with Crippen molar-refractivity contribution >= 4 is 10.9 Å².